The zero-order valence-corrected chi connectivity index (χ0v) is 14.4. The average molecular weight is 340 g/mol. The molecule has 2 aromatic heterocycles. The van der Waals surface area contributed by atoms with Crippen molar-refractivity contribution in [1.82, 2.24) is 9.97 Å². The number of nitrogens with one attached hydrogen (secondary N) is 2. The van der Waals surface area contributed by atoms with Gasteiger partial charge in [-0.25, -0.2) is 19.1 Å². The van der Waals surface area contributed by atoms with Crippen molar-refractivity contribution in [2.75, 3.05) is 0 Å². The number of benzene rings is 3. The molecule has 0 aliphatic carbocycles. The van der Waals surface area contributed by atoms with Gasteiger partial charge in [-0.2, -0.15) is 0 Å². The van der Waals surface area contributed by atoms with E-state index >= 15 is 0 Å². The molecule has 5 rings (SSSR count). The largest absolute Gasteiger partial charge is 0.243 e. The van der Waals surface area contributed by atoms with Crippen molar-refractivity contribution >= 4 is 22.1 Å². The fourth-order valence-corrected chi connectivity index (χ4v) is 3.53. The third-order valence-corrected chi connectivity index (χ3v) is 4.91. The van der Waals surface area contributed by atoms with Gasteiger partial charge in [0.2, 0.25) is 12.7 Å². The van der Waals surface area contributed by atoms with Gasteiger partial charge in [0.25, 0.3) is 0 Å². The van der Waals surface area contributed by atoms with Crippen LogP contribution in [0.4, 0.5) is 0 Å². The van der Waals surface area contributed by atoms with Crippen LogP contribution in [0.5, 0.6) is 0 Å². The first-order valence-electron chi connectivity index (χ1n) is 8.86. The molecule has 0 atom stereocenters. The lowest BCUT2D eigenvalue weighted by atomic mass is 10.1. The molecule has 26 heavy (non-hydrogen) atoms. The number of imidazole rings is 2. The number of para-hydroxylation sites is 4. The van der Waals surface area contributed by atoms with Gasteiger partial charge in [-0.3, -0.25) is 0 Å². The van der Waals surface area contributed by atoms with Crippen molar-refractivity contribution < 1.29 is 9.13 Å². The van der Waals surface area contributed by atoms with Crippen molar-refractivity contribution in [1.29, 1.82) is 0 Å². The monoisotopic (exact) mass is 340 g/mol. The number of hydrogen-bond acceptors (Lipinski definition) is 0. The van der Waals surface area contributed by atoms with Crippen LogP contribution < -0.4 is 9.13 Å². The van der Waals surface area contributed by atoms with E-state index in [1.807, 2.05) is 12.7 Å². The molecule has 0 amide bonds. The molecule has 126 valence electrons. The van der Waals surface area contributed by atoms with Gasteiger partial charge in [0.05, 0.1) is 0 Å². The van der Waals surface area contributed by atoms with Crippen LogP contribution in [0.1, 0.15) is 11.1 Å². The van der Waals surface area contributed by atoms with Gasteiger partial charge in [0.15, 0.2) is 22.1 Å². The van der Waals surface area contributed by atoms with E-state index in [9.17, 15) is 0 Å². The van der Waals surface area contributed by atoms with Gasteiger partial charge in [0.1, 0.15) is 13.1 Å². The van der Waals surface area contributed by atoms with Gasteiger partial charge in [0, 0.05) is 0 Å². The number of rotatable bonds is 4. The van der Waals surface area contributed by atoms with Crippen LogP contribution in [-0.2, 0) is 13.1 Å². The van der Waals surface area contributed by atoms with E-state index in [1.165, 1.54) is 33.2 Å². The fraction of sp³-hybridized carbons (Fsp3) is 0.0909. The molecule has 2 N–H and O–H groups in total. The van der Waals surface area contributed by atoms with E-state index in [0.717, 1.165) is 13.1 Å². The number of aromatic amines is 2. The first kappa shape index (κ1) is 14.9. The minimum absolute atomic E-state index is 0.866. The van der Waals surface area contributed by atoms with Crippen LogP contribution >= 0.6 is 0 Å². The van der Waals surface area contributed by atoms with Crippen LogP contribution in [0.15, 0.2) is 85.5 Å². The first-order valence-corrected chi connectivity index (χ1v) is 8.86. The maximum atomic E-state index is 3.32. The van der Waals surface area contributed by atoms with Crippen LogP contribution in [0.2, 0.25) is 0 Å². The molecular weight excluding hydrogens is 320 g/mol. The molecule has 0 bridgehead atoms. The summed E-state index contributed by atoms with van der Waals surface area (Å²) < 4.78 is 4.50. The molecule has 0 unspecified atom stereocenters. The standard InChI is InChI=1S/C22H18N4/c1-3-7-21-19(5-1)23-15-25(21)13-17-9-11-18(12-10-17)14-26-16-24-20-6-2-4-8-22(20)26/h1-12,15-16H,13-14H2/p+2. The Hall–Kier alpha value is -3.40. The second kappa shape index (κ2) is 6.15. The summed E-state index contributed by atoms with van der Waals surface area (Å²) in [5.74, 6) is 0. The zero-order chi connectivity index (χ0) is 17.3. The topological polar surface area (TPSA) is 39.3 Å². The molecule has 4 heteroatoms. The molecule has 0 saturated carbocycles. The highest BCUT2D eigenvalue weighted by Gasteiger charge is 2.11. The average Bonchev–Trinajstić information content (AvgIpc) is 3.28. The second-order valence-corrected chi connectivity index (χ2v) is 6.65. The van der Waals surface area contributed by atoms with Crippen LogP contribution in [0, 0.1) is 0 Å². The van der Waals surface area contributed by atoms with E-state index in [0.29, 0.717) is 0 Å². The van der Waals surface area contributed by atoms with Crippen molar-refractivity contribution in [3.05, 3.63) is 96.6 Å². The van der Waals surface area contributed by atoms with Crippen molar-refractivity contribution in [3.8, 4) is 0 Å². The molecule has 4 nitrogen and oxygen atoms in total. The second-order valence-electron chi connectivity index (χ2n) is 6.65. The molecule has 2 heterocycles. The summed E-state index contributed by atoms with van der Waals surface area (Å²) in [6, 6.07) is 25.7. The van der Waals surface area contributed by atoms with Crippen LogP contribution in [0.25, 0.3) is 22.1 Å². The first-order chi connectivity index (χ1) is 12.9. The number of nitrogens with zero attached hydrogens (tertiary/aromatic N) is 2. The number of H-pyrrole nitrogens is 2. The minimum Gasteiger partial charge on any atom is -0.243 e. The Morgan fingerprint density at radius 2 is 0.962 bits per heavy atom. The third-order valence-electron chi connectivity index (χ3n) is 4.91. The van der Waals surface area contributed by atoms with Crippen LogP contribution in [-0.4, -0.2) is 9.97 Å². The Morgan fingerprint density at radius 3 is 1.42 bits per heavy atom. The lowest BCUT2D eigenvalue weighted by Gasteiger charge is -2.02. The zero-order valence-electron chi connectivity index (χ0n) is 14.4. The predicted octanol–water partition coefficient (Wildman–Crippen LogP) is 3.32. The fourth-order valence-electron chi connectivity index (χ4n) is 3.53. The Bertz CT molecular complexity index is 1090. The number of aromatic nitrogens is 4. The highest BCUT2D eigenvalue weighted by molar-refractivity contribution is 5.71. The maximum Gasteiger partial charge on any atom is 0.242 e. The molecule has 0 spiro atoms. The van der Waals surface area contributed by atoms with E-state index in [4.69, 9.17) is 0 Å². The molecule has 5 aromatic rings. The Balaban J connectivity index is 1.37. The summed E-state index contributed by atoms with van der Waals surface area (Å²) in [5.41, 5.74) is 7.39. The maximum absolute atomic E-state index is 3.32. The van der Waals surface area contributed by atoms with Crippen LogP contribution in [0.3, 0.4) is 0 Å². The van der Waals surface area contributed by atoms with Crippen molar-refractivity contribution in [2.45, 2.75) is 13.1 Å². The quantitative estimate of drug-likeness (QED) is 0.471. The summed E-state index contributed by atoms with van der Waals surface area (Å²) in [5, 5.41) is 0. The normalized spacial score (nSPS) is 11.4. The molecule has 0 radical (unpaired) electrons. The molecule has 0 fully saturated rings. The summed E-state index contributed by atoms with van der Waals surface area (Å²) in [6.07, 6.45) is 4.08. The van der Waals surface area contributed by atoms with Gasteiger partial charge < -0.3 is 0 Å². The molecule has 0 aliphatic heterocycles. The number of fused-ring (bicyclic) bond motifs is 2. The summed E-state index contributed by atoms with van der Waals surface area (Å²) in [4.78, 5) is 6.65. The van der Waals surface area contributed by atoms with Gasteiger partial charge >= 0.3 is 0 Å². The summed E-state index contributed by atoms with van der Waals surface area (Å²) >= 11 is 0. The minimum atomic E-state index is 0.866. The van der Waals surface area contributed by atoms with E-state index in [1.54, 1.807) is 0 Å². The van der Waals surface area contributed by atoms with Gasteiger partial charge in [-0.1, -0.05) is 48.5 Å². The lowest BCUT2D eigenvalue weighted by molar-refractivity contribution is -0.662. The summed E-state index contributed by atoms with van der Waals surface area (Å²) in [6.45, 7) is 1.73. The van der Waals surface area contributed by atoms with E-state index in [-0.39, 0.29) is 0 Å². The summed E-state index contributed by atoms with van der Waals surface area (Å²) in [7, 11) is 0. The predicted molar refractivity (Wildman–Crippen MR) is 102 cm³/mol. The van der Waals surface area contributed by atoms with E-state index in [2.05, 4.69) is 91.9 Å². The smallest absolute Gasteiger partial charge is 0.242 e. The van der Waals surface area contributed by atoms with Crippen molar-refractivity contribution in [2.24, 2.45) is 0 Å². The lowest BCUT2D eigenvalue weighted by Crippen LogP contribution is -2.33. The number of hydrogen-bond donors (Lipinski definition) is 2. The highest BCUT2D eigenvalue weighted by atomic mass is 15.0. The Labute approximate surface area is 151 Å². The SMILES string of the molecule is c1ccc2c(c1)[nH]c[n+]2Cc1ccc(C[n+]2c[nH]c3ccccc32)cc1. The van der Waals surface area contributed by atoms with Gasteiger partial charge in [-0.05, 0) is 35.4 Å². The molecular formula is C22H20N4+2. The van der Waals surface area contributed by atoms with E-state index < -0.39 is 0 Å². The molecule has 0 saturated heterocycles. The highest BCUT2D eigenvalue weighted by Crippen LogP contribution is 2.10. The molecule has 3 aromatic carbocycles. The Morgan fingerprint density at radius 1 is 0.538 bits per heavy atom. The van der Waals surface area contributed by atoms with Crippen molar-refractivity contribution in [3.63, 3.8) is 0 Å². The third kappa shape index (κ3) is 2.65. The molecule has 0 aliphatic rings. The van der Waals surface area contributed by atoms with Gasteiger partial charge in [-0.15, -0.1) is 0 Å². The Kier molecular flexibility index (Phi) is 3.53.